The van der Waals surface area contributed by atoms with Crippen LogP contribution in [0.3, 0.4) is 0 Å². The first kappa shape index (κ1) is 16.0. The summed E-state index contributed by atoms with van der Waals surface area (Å²) in [4.78, 5) is 20.3. The molecule has 0 amide bonds. The molecule has 2 aromatic rings. The monoisotopic (exact) mass is 312 g/mol. The minimum atomic E-state index is -0.889. The summed E-state index contributed by atoms with van der Waals surface area (Å²) >= 11 is 8.80. The number of carbonyl (C=O) groups excluding carboxylic acids is 2. The Morgan fingerprint density at radius 1 is 0.700 bits per heavy atom. The van der Waals surface area contributed by atoms with E-state index in [1.54, 1.807) is 48.5 Å². The fourth-order valence-corrected chi connectivity index (χ4v) is 1.19. The van der Waals surface area contributed by atoms with E-state index in [9.17, 15) is 4.79 Å². The third-order valence-corrected chi connectivity index (χ3v) is 1.89. The molecular formula is C14H10Cl2O4. The molecule has 0 N–H and O–H groups in total. The Morgan fingerprint density at radius 2 is 1.00 bits per heavy atom. The van der Waals surface area contributed by atoms with Gasteiger partial charge in [-0.2, -0.15) is 0 Å². The second kappa shape index (κ2) is 8.96. The van der Waals surface area contributed by atoms with Crippen molar-refractivity contribution in [3.05, 3.63) is 60.7 Å². The molecule has 0 aliphatic carbocycles. The topological polar surface area (TPSA) is 52.6 Å². The SMILES string of the molecule is O=C(Cl)Cl.O=C(Oc1ccccc1)Oc1ccccc1. The van der Waals surface area contributed by atoms with Crippen molar-refractivity contribution in [2.75, 3.05) is 0 Å². The summed E-state index contributed by atoms with van der Waals surface area (Å²) in [5, 5.41) is 0. The van der Waals surface area contributed by atoms with E-state index in [4.69, 9.17) is 14.3 Å². The highest BCUT2D eigenvalue weighted by Gasteiger charge is 2.06. The molecule has 0 aliphatic heterocycles. The molecule has 0 atom stereocenters. The molecule has 0 heterocycles. The highest BCUT2D eigenvalue weighted by Crippen LogP contribution is 2.12. The quantitative estimate of drug-likeness (QED) is 0.452. The maximum Gasteiger partial charge on any atom is 0.519 e. The predicted molar refractivity (Wildman–Crippen MR) is 76.6 cm³/mol. The molecular weight excluding hydrogens is 303 g/mol. The first-order valence-corrected chi connectivity index (χ1v) is 6.18. The summed E-state index contributed by atoms with van der Waals surface area (Å²) < 4.78 is 9.03. The normalized spacial score (nSPS) is 8.90. The van der Waals surface area contributed by atoms with Gasteiger partial charge in [-0.05, 0) is 47.5 Å². The lowest BCUT2D eigenvalue weighted by Gasteiger charge is -2.04. The van der Waals surface area contributed by atoms with Gasteiger partial charge in [0.05, 0.1) is 0 Å². The summed E-state index contributed by atoms with van der Waals surface area (Å²) in [5.74, 6) is 0.923. The molecule has 0 fully saturated rings. The average molecular weight is 313 g/mol. The van der Waals surface area contributed by atoms with Gasteiger partial charge in [0.1, 0.15) is 11.5 Å². The lowest BCUT2D eigenvalue weighted by atomic mass is 10.3. The number of benzene rings is 2. The van der Waals surface area contributed by atoms with E-state index in [1.807, 2.05) is 12.1 Å². The molecule has 0 aromatic heterocycles. The molecule has 6 heteroatoms. The molecule has 4 nitrogen and oxygen atoms in total. The van der Waals surface area contributed by atoms with Crippen molar-refractivity contribution >= 4 is 34.1 Å². The molecule has 0 radical (unpaired) electrons. The summed E-state index contributed by atoms with van der Waals surface area (Å²) in [6.45, 7) is 0. The van der Waals surface area contributed by atoms with Gasteiger partial charge in [-0.15, -0.1) is 0 Å². The zero-order valence-electron chi connectivity index (χ0n) is 10.2. The van der Waals surface area contributed by atoms with E-state index in [0.717, 1.165) is 0 Å². The van der Waals surface area contributed by atoms with Crippen LogP contribution in [0.4, 0.5) is 9.59 Å². The molecule has 2 rings (SSSR count). The predicted octanol–water partition coefficient (Wildman–Crippen LogP) is 4.85. The Kier molecular flexibility index (Phi) is 7.17. The minimum Gasteiger partial charge on any atom is -0.395 e. The van der Waals surface area contributed by atoms with Gasteiger partial charge in [0.2, 0.25) is 0 Å². The molecule has 0 aliphatic rings. The number of carbonyl (C=O) groups is 2. The van der Waals surface area contributed by atoms with Crippen LogP contribution in [-0.2, 0) is 0 Å². The molecule has 0 saturated carbocycles. The van der Waals surface area contributed by atoms with Gasteiger partial charge in [0, 0.05) is 0 Å². The van der Waals surface area contributed by atoms with E-state index in [1.165, 1.54) is 0 Å². The fraction of sp³-hybridized carbons (Fsp3) is 0. The smallest absolute Gasteiger partial charge is 0.395 e. The third kappa shape index (κ3) is 7.41. The molecule has 104 valence electrons. The Labute approximate surface area is 125 Å². The molecule has 2 aromatic carbocycles. The minimum absolute atomic E-state index is 0.462. The number of ether oxygens (including phenoxy) is 2. The summed E-state index contributed by atoms with van der Waals surface area (Å²) in [6.07, 6.45) is -0.739. The lowest BCUT2D eigenvalue weighted by Crippen LogP contribution is -2.13. The zero-order chi connectivity index (χ0) is 14.8. The molecule has 0 spiro atoms. The van der Waals surface area contributed by atoms with Crippen LogP contribution < -0.4 is 9.47 Å². The van der Waals surface area contributed by atoms with Gasteiger partial charge in [0.15, 0.2) is 0 Å². The van der Waals surface area contributed by atoms with Crippen molar-refractivity contribution in [3.63, 3.8) is 0 Å². The van der Waals surface area contributed by atoms with Crippen LogP contribution in [0.5, 0.6) is 11.5 Å². The van der Waals surface area contributed by atoms with Gasteiger partial charge >= 0.3 is 10.9 Å². The zero-order valence-corrected chi connectivity index (χ0v) is 11.7. The van der Waals surface area contributed by atoms with E-state index >= 15 is 0 Å². The molecule has 0 bridgehead atoms. The molecule has 20 heavy (non-hydrogen) atoms. The Bertz CT molecular complexity index is 496. The number of hydrogen-bond acceptors (Lipinski definition) is 4. The molecule has 0 saturated heterocycles. The largest absolute Gasteiger partial charge is 0.519 e. The first-order valence-electron chi connectivity index (χ1n) is 5.42. The van der Waals surface area contributed by atoms with Gasteiger partial charge in [-0.1, -0.05) is 36.4 Å². The van der Waals surface area contributed by atoms with Crippen molar-refractivity contribution < 1.29 is 19.1 Å². The maximum absolute atomic E-state index is 11.3. The number of hydrogen-bond donors (Lipinski definition) is 0. The number of rotatable bonds is 2. The standard InChI is InChI=1S/C13H10O3.CCl2O/c14-13(15-11-7-3-1-4-8-11)16-12-9-5-2-6-10-12;2-1(3)4/h1-10H;. The van der Waals surface area contributed by atoms with Gasteiger partial charge in [-0.3, -0.25) is 4.79 Å². The third-order valence-electron chi connectivity index (χ3n) is 1.89. The van der Waals surface area contributed by atoms with Gasteiger partial charge in [0.25, 0.3) is 0 Å². The van der Waals surface area contributed by atoms with Crippen LogP contribution in [-0.4, -0.2) is 10.9 Å². The Hall–Kier alpha value is -2.04. The van der Waals surface area contributed by atoms with Crippen molar-refractivity contribution in [3.8, 4) is 11.5 Å². The lowest BCUT2D eigenvalue weighted by molar-refractivity contribution is 0.152. The summed E-state index contributed by atoms with van der Waals surface area (Å²) in [6, 6.07) is 17.6. The highest BCUT2D eigenvalue weighted by molar-refractivity contribution is 6.93. The average Bonchev–Trinajstić information content (AvgIpc) is 2.40. The van der Waals surface area contributed by atoms with Crippen LogP contribution >= 0.6 is 23.2 Å². The molecule has 0 unspecified atom stereocenters. The van der Waals surface area contributed by atoms with Crippen molar-refractivity contribution in [1.82, 2.24) is 0 Å². The van der Waals surface area contributed by atoms with E-state index in [2.05, 4.69) is 23.2 Å². The van der Waals surface area contributed by atoms with Crippen LogP contribution in [0.15, 0.2) is 60.7 Å². The van der Waals surface area contributed by atoms with Gasteiger partial charge < -0.3 is 9.47 Å². The van der Waals surface area contributed by atoms with Gasteiger partial charge in [-0.25, -0.2) is 4.79 Å². The van der Waals surface area contributed by atoms with E-state index in [-0.39, 0.29) is 0 Å². The van der Waals surface area contributed by atoms with Crippen molar-refractivity contribution in [2.45, 2.75) is 0 Å². The second-order valence-electron chi connectivity index (χ2n) is 3.31. The van der Waals surface area contributed by atoms with Crippen LogP contribution in [0.1, 0.15) is 0 Å². The number of halogens is 2. The van der Waals surface area contributed by atoms with Crippen LogP contribution in [0.2, 0.25) is 0 Å². The maximum atomic E-state index is 11.3. The first-order chi connectivity index (χ1) is 9.58. The van der Waals surface area contributed by atoms with Crippen LogP contribution in [0.25, 0.3) is 0 Å². The summed E-state index contributed by atoms with van der Waals surface area (Å²) in [5.41, 5.74) is 0. The van der Waals surface area contributed by atoms with E-state index < -0.39 is 10.9 Å². The Balaban J connectivity index is 0.000000444. The van der Waals surface area contributed by atoms with Crippen molar-refractivity contribution in [1.29, 1.82) is 0 Å². The van der Waals surface area contributed by atoms with Crippen molar-refractivity contribution in [2.24, 2.45) is 0 Å². The highest BCUT2D eigenvalue weighted by atomic mass is 35.5. The summed E-state index contributed by atoms with van der Waals surface area (Å²) in [7, 11) is 0. The van der Waals surface area contributed by atoms with Crippen LogP contribution in [0, 0.1) is 0 Å². The number of para-hydroxylation sites is 2. The Morgan fingerprint density at radius 3 is 1.30 bits per heavy atom. The fourth-order valence-electron chi connectivity index (χ4n) is 1.19. The van der Waals surface area contributed by atoms with E-state index in [0.29, 0.717) is 11.5 Å². The second-order valence-corrected chi connectivity index (χ2v) is 4.19.